The van der Waals surface area contributed by atoms with Gasteiger partial charge in [0, 0.05) is 17.8 Å². The average Bonchev–Trinajstić information content (AvgIpc) is 2.94. The van der Waals surface area contributed by atoms with Crippen molar-refractivity contribution in [3.05, 3.63) is 29.5 Å². The molecule has 1 aromatic heterocycles. The molecule has 142 valence electrons. The number of carbonyl (C=O) groups excluding carboxylic acids is 1. The molecule has 0 saturated carbocycles. The fourth-order valence-electron chi connectivity index (χ4n) is 3.38. The van der Waals surface area contributed by atoms with E-state index in [9.17, 15) is 13.1 Å². The highest BCUT2D eigenvalue weighted by molar-refractivity contribution is 7.92. The number of aryl methyl sites for hydroxylation is 1. The van der Waals surface area contributed by atoms with E-state index in [1.165, 1.54) is 8.99 Å². The number of alkyl halides is 1. The van der Waals surface area contributed by atoms with Crippen molar-refractivity contribution in [2.75, 3.05) is 13.1 Å². The van der Waals surface area contributed by atoms with Crippen molar-refractivity contribution in [1.82, 2.24) is 14.1 Å². The molecule has 2 aromatic rings. The van der Waals surface area contributed by atoms with Crippen LogP contribution in [0, 0.1) is 6.92 Å². The molecule has 1 aromatic carbocycles. The third kappa shape index (κ3) is 3.79. The first-order valence-corrected chi connectivity index (χ1v) is 9.26. The molecule has 26 heavy (non-hydrogen) atoms. The highest BCUT2D eigenvalue weighted by atomic mass is 32.2. The highest BCUT2D eigenvalue weighted by Gasteiger charge is 2.35. The Morgan fingerprint density at radius 1 is 1.38 bits per heavy atom. The van der Waals surface area contributed by atoms with Crippen molar-refractivity contribution < 1.29 is 17.8 Å². The highest BCUT2D eigenvalue weighted by Crippen LogP contribution is 2.35. The van der Waals surface area contributed by atoms with Gasteiger partial charge in [-0.1, -0.05) is 0 Å². The van der Waals surface area contributed by atoms with Crippen LogP contribution in [0.5, 0.6) is 0 Å². The van der Waals surface area contributed by atoms with Gasteiger partial charge in [-0.3, -0.25) is 0 Å². The maximum Gasteiger partial charge on any atom is 0.410 e. The first kappa shape index (κ1) is 18.9. The summed E-state index contributed by atoms with van der Waals surface area (Å²) in [6.45, 7) is 7.70. The van der Waals surface area contributed by atoms with Crippen molar-refractivity contribution in [3.63, 3.8) is 0 Å². The number of carbonyl (C=O) groups is 1. The lowest BCUT2D eigenvalue weighted by atomic mass is 9.85. The lowest BCUT2D eigenvalue weighted by Gasteiger charge is -2.36. The van der Waals surface area contributed by atoms with E-state index in [1.807, 2.05) is 19.1 Å². The first-order chi connectivity index (χ1) is 12.2. The summed E-state index contributed by atoms with van der Waals surface area (Å²) in [5.74, 6) is -0.342. The fraction of sp³-hybridized carbons (Fsp3) is 0.556. The second-order valence-corrected chi connectivity index (χ2v) is 8.18. The van der Waals surface area contributed by atoms with Crippen molar-refractivity contribution in [3.8, 4) is 0 Å². The molecule has 2 atom stereocenters. The van der Waals surface area contributed by atoms with Gasteiger partial charge in [0.15, 0.2) is 12.3 Å². The molecule has 1 aliphatic heterocycles. The van der Waals surface area contributed by atoms with Crippen LogP contribution in [0.2, 0.25) is 0 Å². The summed E-state index contributed by atoms with van der Waals surface area (Å²) in [7, 11) is 0. The number of aromatic nitrogens is 2. The molecule has 1 fully saturated rings. The third-order valence-electron chi connectivity index (χ3n) is 4.58. The zero-order valence-electron chi connectivity index (χ0n) is 15.3. The summed E-state index contributed by atoms with van der Waals surface area (Å²) in [4.78, 5) is 13.6. The zero-order valence-corrected chi connectivity index (χ0v) is 16.1. The van der Waals surface area contributed by atoms with Crippen LogP contribution in [0.4, 0.5) is 13.1 Å². The Morgan fingerprint density at radius 2 is 2.12 bits per heavy atom. The van der Waals surface area contributed by atoms with Gasteiger partial charge in [-0.2, -0.15) is 9.19 Å². The number of hydrogen-bond acceptors (Lipinski definition) is 4. The van der Waals surface area contributed by atoms with Crippen molar-refractivity contribution in [1.29, 1.82) is 0 Å². The Balaban J connectivity index is 1.80. The fourth-order valence-corrected chi connectivity index (χ4v) is 3.70. The molecule has 0 N–H and O–H groups in total. The van der Waals surface area contributed by atoms with E-state index < -0.39 is 17.9 Å². The Kier molecular flexibility index (Phi) is 5.14. The predicted octanol–water partition coefficient (Wildman–Crippen LogP) is 4.79. The lowest BCUT2D eigenvalue weighted by molar-refractivity contribution is 0.0111. The van der Waals surface area contributed by atoms with Crippen LogP contribution in [0.15, 0.2) is 18.3 Å². The molecule has 2 unspecified atom stereocenters. The number of hydrogen-bond donors (Lipinski definition) is 0. The minimum atomic E-state index is -1.21. The summed E-state index contributed by atoms with van der Waals surface area (Å²) >= 11 is 0.0189. The van der Waals surface area contributed by atoms with Gasteiger partial charge in [0.05, 0.1) is 18.3 Å². The number of rotatable bonds is 2. The van der Waals surface area contributed by atoms with Crippen LogP contribution in [-0.4, -0.2) is 45.0 Å². The summed E-state index contributed by atoms with van der Waals surface area (Å²) in [6.07, 6.45) is 0.389. The molecule has 8 heteroatoms. The van der Waals surface area contributed by atoms with Crippen LogP contribution in [0.3, 0.4) is 0 Å². The SMILES string of the molecule is Cc1cc2cnn(SF)c2cc1C1CCN(C(=O)OC(C)(C)C)CC1F. The van der Waals surface area contributed by atoms with Gasteiger partial charge in [0.25, 0.3) is 0 Å². The maximum atomic E-state index is 14.9. The van der Waals surface area contributed by atoms with E-state index in [0.717, 1.165) is 16.5 Å². The number of piperidine rings is 1. The van der Waals surface area contributed by atoms with E-state index in [1.54, 1.807) is 27.0 Å². The van der Waals surface area contributed by atoms with E-state index in [0.29, 0.717) is 18.5 Å². The number of likely N-dealkylation sites (tertiary alicyclic amines) is 1. The van der Waals surface area contributed by atoms with Gasteiger partial charge in [-0.05, 0) is 57.4 Å². The summed E-state index contributed by atoms with van der Waals surface area (Å²) < 4.78 is 34.4. The van der Waals surface area contributed by atoms with Crippen LogP contribution in [-0.2, 0) is 4.74 Å². The molecule has 1 amide bonds. The second-order valence-electron chi connectivity index (χ2n) is 7.69. The molecule has 1 saturated heterocycles. The number of benzene rings is 1. The van der Waals surface area contributed by atoms with Crippen LogP contribution < -0.4 is 0 Å². The summed E-state index contributed by atoms with van der Waals surface area (Å²) in [5.41, 5.74) is 1.80. The number of fused-ring (bicyclic) bond motifs is 1. The quantitative estimate of drug-likeness (QED) is 0.748. The Bertz CT molecular complexity index is 819. The number of amides is 1. The maximum absolute atomic E-state index is 14.9. The molecule has 2 heterocycles. The normalized spacial score (nSPS) is 21.2. The van der Waals surface area contributed by atoms with Gasteiger partial charge in [-0.15, -0.1) is 3.89 Å². The Morgan fingerprint density at radius 3 is 2.73 bits per heavy atom. The minimum Gasteiger partial charge on any atom is -0.444 e. The van der Waals surface area contributed by atoms with Gasteiger partial charge in [0.2, 0.25) is 0 Å². The Hall–Kier alpha value is -1.83. The predicted molar refractivity (Wildman–Crippen MR) is 98.6 cm³/mol. The number of nitrogens with zero attached hydrogens (tertiary/aromatic N) is 3. The zero-order chi connectivity index (χ0) is 19.1. The molecule has 0 spiro atoms. The molecule has 0 bridgehead atoms. The minimum absolute atomic E-state index is 0.00577. The lowest BCUT2D eigenvalue weighted by Crippen LogP contribution is -2.46. The van der Waals surface area contributed by atoms with Crippen LogP contribution >= 0.6 is 12.3 Å². The van der Waals surface area contributed by atoms with Crippen LogP contribution in [0.1, 0.15) is 44.2 Å². The van der Waals surface area contributed by atoms with Gasteiger partial charge >= 0.3 is 6.09 Å². The largest absolute Gasteiger partial charge is 0.444 e. The van der Waals surface area contributed by atoms with E-state index in [-0.39, 0.29) is 24.8 Å². The second kappa shape index (κ2) is 7.06. The summed E-state index contributed by atoms with van der Waals surface area (Å²) in [6, 6.07) is 3.71. The number of ether oxygens (including phenoxy) is 1. The third-order valence-corrected chi connectivity index (χ3v) is 5.00. The molecular formula is C18H23F2N3O2S. The van der Waals surface area contributed by atoms with E-state index in [2.05, 4.69) is 5.10 Å². The molecule has 5 nitrogen and oxygen atoms in total. The van der Waals surface area contributed by atoms with Crippen molar-refractivity contribution in [2.45, 2.75) is 51.8 Å². The monoisotopic (exact) mass is 383 g/mol. The topological polar surface area (TPSA) is 47.4 Å². The van der Waals surface area contributed by atoms with Crippen molar-refractivity contribution >= 4 is 29.3 Å². The smallest absolute Gasteiger partial charge is 0.410 e. The van der Waals surface area contributed by atoms with E-state index >= 15 is 0 Å². The van der Waals surface area contributed by atoms with E-state index in [4.69, 9.17) is 4.74 Å². The molecule has 1 aliphatic rings. The Labute approximate surface area is 156 Å². The van der Waals surface area contributed by atoms with Crippen LogP contribution in [0.25, 0.3) is 10.9 Å². The van der Waals surface area contributed by atoms with Crippen molar-refractivity contribution in [2.24, 2.45) is 0 Å². The molecular weight excluding hydrogens is 360 g/mol. The van der Waals surface area contributed by atoms with Gasteiger partial charge in [0.1, 0.15) is 11.8 Å². The average molecular weight is 383 g/mol. The first-order valence-electron chi connectivity index (χ1n) is 8.59. The number of halogens is 2. The molecule has 0 radical (unpaired) electrons. The molecule has 3 rings (SSSR count). The molecule has 0 aliphatic carbocycles. The van der Waals surface area contributed by atoms with Gasteiger partial charge < -0.3 is 9.64 Å². The summed E-state index contributed by atoms with van der Waals surface area (Å²) in [5, 5.41) is 4.79. The van der Waals surface area contributed by atoms with Gasteiger partial charge in [-0.25, -0.2) is 9.18 Å². The standard InChI is InChI=1S/C18H23F2N3O2S/c1-11-7-12-9-21-23(26-20)16(12)8-14(11)13-5-6-22(10-15(13)19)17(24)25-18(2,3)4/h7-9,13,15H,5-6,10H2,1-4H3.